The van der Waals surface area contributed by atoms with Gasteiger partial charge in [-0.2, -0.15) is 0 Å². The minimum atomic E-state index is -0.351. The molecule has 3 nitrogen and oxygen atoms in total. The van der Waals surface area contributed by atoms with Crippen LogP contribution in [0.5, 0.6) is 0 Å². The number of hydrogen-bond donors (Lipinski definition) is 0. The predicted molar refractivity (Wildman–Crippen MR) is 66.8 cm³/mol. The van der Waals surface area contributed by atoms with E-state index in [1.807, 2.05) is 13.0 Å². The molecule has 0 fully saturated rings. The fourth-order valence-corrected chi connectivity index (χ4v) is 3.05. The monoisotopic (exact) mass is 250 g/mol. The summed E-state index contributed by atoms with van der Waals surface area (Å²) in [6, 6.07) is 3.59. The Balaban J connectivity index is 2.48. The second-order valence-electron chi connectivity index (χ2n) is 3.85. The average Bonchev–Trinajstić information content (AvgIpc) is 2.29. The first-order valence-electron chi connectivity index (χ1n) is 5.62. The highest BCUT2D eigenvalue weighted by Crippen LogP contribution is 2.33. The Morgan fingerprint density at radius 3 is 2.94 bits per heavy atom. The highest BCUT2D eigenvalue weighted by atomic mass is 32.2. The largest absolute Gasteiger partial charge is 0.462 e. The van der Waals surface area contributed by atoms with Crippen molar-refractivity contribution in [1.82, 2.24) is 0 Å². The first-order valence-corrected chi connectivity index (χ1v) is 6.60. The molecule has 2 rings (SSSR count). The molecule has 4 heteroatoms. The van der Waals surface area contributed by atoms with Crippen LogP contribution < -0.4 is 0 Å². The summed E-state index contributed by atoms with van der Waals surface area (Å²) in [5.41, 5.74) is 1.95. The molecule has 0 spiro atoms. The van der Waals surface area contributed by atoms with Crippen LogP contribution in [0.1, 0.15) is 39.6 Å². The molecule has 1 aromatic carbocycles. The van der Waals surface area contributed by atoms with Gasteiger partial charge in [0.05, 0.1) is 12.2 Å². The lowest BCUT2D eigenvalue weighted by atomic mass is 9.97. The van der Waals surface area contributed by atoms with Crippen molar-refractivity contribution in [2.24, 2.45) is 0 Å². The number of carbonyl (C=O) groups is 2. The zero-order valence-electron chi connectivity index (χ0n) is 9.91. The van der Waals surface area contributed by atoms with E-state index in [0.29, 0.717) is 24.2 Å². The Hall–Kier alpha value is -1.29. The Morgan fingerprint density at radius 2 is 2.24 bits per heavy atom. The van der Waals surface area contributed by atoms with Crippen LogP contribution in [-0.4, -0.2) is 24.1 Å². The Morgan fingerprint density at radius 1 is 1.47 bits per heavy atom. The van der Waals surface area contributed by atoms with Crippen molar-refractivity contribution in [2.45, 2.75) is 25.2 Å². The van der Waals surface area contributed by atoms with Gasteiger partial charge in [0.1, 0.15) is 0 Å². The van der Waals surface area contributed by atoms with Crippen molar-refractivity contribution >= 4 is 23.5 Å². The van der Waals surface area contributed by atoms with E-state index in [1.165, 1.54) is 0 Å². The van der Waals surface area contributed by atoms with Crippen LogP contribution in [0.2, 0.25) is 0 Å². The fourth-order valence-electron chi connectivity index (χ4n) is 1.96. The predicted octanol–water partition coefficient (Wildman–Crippen LogP) is 2.85. The van der Waals surface area contributed by atoms with Crippen molar-refractivity contribution in [3.63, 3.8) is 0 Å². The minimum absolute atomic E-state index is 0.127. The molecule has 0 atom stereocenters. The molecule has 1 aliphatic rings. The molecular weight excluding hydrogens is 236 g/mol. The highest BCUT2D eigenvalue weighted by molar-refractivity contribution is 7.99. The van der Waals surface area contributed by atoms with Crippen LogP contribution in [0.3, 0.4) is 0 Å². The van der Waals surface area contributed by atoms with Gasteiger partial charge < -0.3 is 4.74 Å². The van der Waals surface area contributed by atoms with Crippen LogP contribution in [0.15, 0.2) is 17.0 Å². The van der Waals surface area contributed by atoms with E-state index in [0.717, 1.165) is 16.2 Å². The maximum Gasteiger partial charge on any atom is 0.338 e. The standard InChI is InChI=1S/C13H14O3S/c1-3-16-13(15)9-4-5-11-12(8(9)2)10(14)6-7-17-11/h4-5H,3,6-7H2,1-2H3. The van der Waals surface area contributed by atoms with E-state index in [-0.39, 0.29) is 11.8 Å². The molecule has 0 saturated carbocycles. The van der Waals surface area contributed by atoms with E-state index >= 15 is 0 Å². The Bertz CT molecular complexity index is 480. The number of thioether (sulfide) groups is 1. The van der Waals surface area contributed by atoms with Gasteiger partial charge in [0.2, 0.25) is 0 Å². The van der Waals surface area contributed by atoms with Gasteiger partial charge in [-0.15, -0.1) is 11.8 Å². The number of esters is 1. The summed E-state index contributed by atoms with van der Waals surface area (Å²) in [7, 11) is 0. The van der Waals surface area contributed by atoms with Crippen molar-refractivity contribution in [3.05, 3.63) is 28.8 Å². The molecule has 0 radical (unpaired) electrons. The number of benzene rings is 1. The molecule has 0 bridgehead atoms. The van der Waals surface area contributed by atoms with Crippen molar-refractivity contribution in [1.29, 1.82) is 0 Å². The van der Waals surface area contributed by atoms with Crippen molar-refractivity contribution in [2.75, 3.05) is 12.4 Å². The third-order valence-corrected chi connectivity index (χ3v) is 3.85. The first-order chi connectivity index (χ1) is 8.15. The number of fused-ring (bicyclic) bond motifs is 1. The molecule has 0 saturated heterocycles. The van der Waals surface area contributed by atoms with Crippen LogP contribution in [-0.2, 0) is 4.74 Å². The van der Waals surface area contributed by atoms with Gasteiger partial charge in [-0.05, 0) is 31.5 Å². The van der Waals surface area contributed by atoms with E-state index in [1.54, 1.807) is 24.8 Å². The van der Waals surface area contributed by atoms with E-state index in [9.17, 15) is 9.59 Å². The number of hydrogen-bond acceptors (Lipinski definition) is 4. The maximum absolute atomic E-state index is 11.9. The average molecular weight is 250 g/mol. The molecular formula is C13H14O3S. The third-order valence-electron chi connectivity index (χ3n) is 2.79. The van der Waals surface area contributed by atoms with Gasteiger partial charge in [0.25, 0.3) is 0 Å². The maximum atomic E-state index is 11.9. The van der Waals surface area contributed by atoms with Crippen molar-refractivity contribution in [3.8, 4) is 0 Å². The highest BCUT2D eigenvalue weighted by Gasteiger charge is 2.23. The summed E-state index contributed by atoms with van der Waals surface area (Å²) in [5.74, 6) is 0.600. The molecule has 90 valence electrons. The van der Waals surface area contributed by atoms with Gasteiger partial charge in [-0.3, -0.25) is 4.79 Å². The summed E-state index contributed by atoms with van der Waals surface area (Å²) in [4.78, 5) is 24.6. The summed E-state index contributed by atoms with van der Waals surface area (Å²) >= 11 is 1.67. The van der Waals surface area contributed by atoms with E-state index in [4.69, 9.17) is 4.74 Å². The summed E-state index contributed by atoms with van der Waals surface area (Å²) < 4.78 is 4.98. The molecule has 1 aliphatic heterocycles. The van der Waals surface area contributed by atoms with Crippen LogP contribution in [0, 0.1) is 6.92 Å². The molecule has 1 aromatic rings. The molecule has 0 amide bonds. The molecule has 0 aliphatic carbocycles. The van der Waals surface area contributed by atoms with Crippen LogP contribution in [0.25, 0.3) is 0 Å². The Labute approximate surface area is 105 Å². The van der Waals surface area contributed by atoms with E-state index in [2.05, 4.69) is 0 Å². The van der Waals surface area contributed by atoms with Crippen LogP contribution in [0.4, 0.5) is 0 Å². The zero-order valence-corrected chi connectivity index (χ0v) is 10.7. The van der Waals surface area contributed by atoms with Gasteiger partial charge in [-0.25, -0.2) is 4.79 Å². The zero-order chi connectivity index (χ0) is 12.4. The van der Waals surface area contributed by atoms with Crippen LogP contribution >= 0.6 is 11.8 Å². The van der Waals surface area contributed by atoms with Gasteiger partial charge in [0.15, 0.2) is 5.78 Å². The lowest BCUT2D eigenvalue weighted by Crippen LogP contribution is -2.14. The number of ether oxygens (including phenoxy) is 1. The molecule has 1 heterocycles. The molecule has 0 N–H and O–H groups in total. The number of carbonyl (C=O) groups excluding carboxylic acids is 2. The Kier molecular flexibility index (Phi) is 3.52. The van der Waals surface area contributed by atoms with Gasteiger partial charge >= 0.3 is 5.97 Å². The van der Waals surface area contributed by atoms with Gasteiger partial charge in [-0.1, -0.05) is 0 Å². The third kappa shape index (κ3) is 2.22. The molecule has 0 aromatic heterocycles. The summed E-state index contributed by atoms with van der Waals surface area (Å²) in [6.45, 7) is 3.93. The normalized spacial score (nSPS) is 14.4. The summed E-state index contributed by atoms with van der Waals surface area (Å²) in [5, 5.41) is 0. The second kappa shape index (κ2) is 4.92. The van der Waals surface area contributed by atoms with E-state index < -0.39 is 0 Å². The lowest BCUT2D eigenvalue weighted by Gasteiger charge is -2.18. The molecule has 0 unspecified atom stereocenters. The fraction of sp³-hybridized carbons (Fsp3) is 0.385. The van der Waals surface area contributed by atoms with Gasteiger partial charge in [0, 0.05) is 22.6 Å². The SMILES string of the molecule is CCOC(=O)c1ccc2c(c1C)C(=O)CCS2. The molecule has 17 heavy (non-hydrogen) atoms. The number of ketones is 1. The van der Waals surface area contributed by atoms with Crippen molar-refractivity contribution < 1.29 is 14.3 Å². The second-order valence-corrected chi connectivity index (χ2v) is 4.99. The number of rotatable bonds is 2. The smallest absolute Gasteiger partial charge is 0.338 e. The quantitative estimate of drug-likeness (QED) is 0.757. The minimum Gasteiger partial charge on any atom is -0.462 e. The lowest BCUT2D eigenvalue weighted by molar-refractivity contribution is 0.0525. The number of Topliss-reactive ketones (excluding diaryl/α,β-unsaturated/α-hetero) is 1. The summed E-state index contributed by atoms with van der Waals surface area (Å²) in [6.07, 6.45) is 0.546. The topological polar surface area (TPSA) is 43.4 Å². The first kappa shape index (κ1) is 12.2.